The fourth-order valence-corrected chi connectivity index (χ4v) is 4.22. The lowest BCUT2D eigenvalue weighted by atomic mass is 9.89. The minimum absolute atomic E-state index is 0.103. The summed E-state index contributed by atoms with van der Waals surface area (Å²) in [5, 5.41) is 83.2. The van der Waals surface area contributed by atoms with Crippen molar-refractivity contribution in [2.24, 2.45) is 0 Å². The van der Waals surface area contributed by atoms with Crippen molar-refractivity contribution in [2.45, 2.75) is 73.7 Å². The minimum Gasteiger partial charge on any atom is -0.508 e. The van der Waals surface area contributed by atoms with Crippen LogP contribution in [0.2, 0.25) is 0 Å². The molecule has 12 nitrogen and oxygen atoms in total. The molecule has 33 heavy (non-hydrogen) atoms. The first kappa shape index (κ1) is 26.2. The van der Waals surface area contributed by atoms with Crippen molar-refractivity contribution in [2.75, 3.05) is 20.3 Å². The van der Waals surface area contributed by atoms with E-state index in [1.165, 1.54) is 12.1 Å². The molecule has 0 saturated carbocycles. The lowest BCUT2D eigenvalue weighted by Crippen LogP contribution is -2.64. The second-order valence-electron chi connectivity index (χ2n) is 8.34. The molecule has 11 atom stereocenters. The van der Waals surface area contributed by atoms with Gasteiger partial charge in [-0.3, -0.25) is 0 Å². The van der Waals surface area contributed by atoms with Gasteiger partial charge in [-0.05, 0) is 31.2 Å². The molecule has 1 unspecified atom stereocenters. The average molecular weight is 475 g/mol. The van der Waals surface area contributed by atoms with E-state index in [1.54, 1.807) is 19.2 Å². The third kappa shape index (κ3) is 5.63. The zero-order valence-corrected chi connectivity index (χ0v) is 18.1. The van der Waals surface area contributed by atoms with Crippen LogP contribution in [0.5, 0.6) is 5.75 Å². The van der Waals surface area contributed by atoms with Gasteiger partial charge in [-0.15, -0.1) is 0 Å². The fraction of sp³-hybridized carbons (Fsp3) is 0.714. The molecule has 1 aromatic carbocycles. The summed E-state index contributed by atoms with van der Waals surface area (Å²) < 4.78 is 16.7. The number of aliphatic hydroxyl groups excluding tert-OH is 7. The second-order valence-corrected chi connectivity index (χ2v) is 8.34. The first-order valence-corrected chi connectivity index (χ1v) is 10.8. The minimum atomic E-state index is -1.72. The maximum atomic E-state index is 10.7. The van der Waals surface area contributed by atoms with Crippen LogP contribution in [0.3, 0.4) is 0 Å². The quantitative estimate of drug-likeness (QED) is 0.182. The van der Waals surface area contributed by atoms with E-state index in [9.17, 15) is 40.9 Å². The molecule has 0 radical (unpaired) electrons. The number of ether oxygens (including phenoxy) is 3. The number of hydrogen-bond donors (Lipinski definition) is 9. The van der Waals surface area contributed by atoms with E-state index < -0.39 is 74.4 Å². The van der Waals surface area contributed by atoms with Gasteiger partial charge in [0, 0.05) is 6.04 Å². The number of aliphatic hydroxyl groups is 7. The summed E-state index contributed by atoms with van der Waals surface area (Å²) in [4.78, 5) is 0. The SMILES string of the molecule is CNC(C[C@H]1O[C@H](CO)[C@@H](O[C@@H]2O[C@H](CO)[C@H](O)[C@H](O)[C@H]2O)[C@H](O)[C@H]1O)c1ccc(O)cc1. The Morgan fingerprint density at radius 3 is 2.00 bits per heavy atom. The maximum absolute atomic E-state index is 10.7. The van der Waals surface area contributed by atoms with E-state index in [0.29, 0.717) is 0 Å². The molecule has 3 rings (SSSR count). The number of rotatable bonds is 8. The Hall–Kier alpha value is -1.42. The normalized spacial score (nSPS) is 40.5. The first-order valence-electron chi connectivity index (χ1n) is 10.8. The molecule has 0 bridgehead atoms. The average Bonchev–Trinajstić information content (AvgIpc) is 2.82. The largest absolute Gasteiger partial charge is 0.508 e. The molecule has 9 N–H and O–H groups in total. The van der Waals surface area contributed by atoms with Crippen molar-refractivity contribution in [1.82, 2.24) is 5.32 Å². The maximum Gasteiger partial charge on any atom is 0.187 e. The number of benzene rings is 1. The molecule has 0 aromatic heterocycles. The van der Waals surface area contributed by atoms with Crippen LogP contribution in [0.4, 0.5) is 0 Å². The van der Waals surface area contributed by atoms with Crippen LogP contribution in [0.15, 0.2) is 24.3 Å². The van der Waals surface area contributed by atoms with Crippen molar-refractivity contribution in [3.63, 3.8) is 0 Å². The first-order chi connectivity index (χ1) is 15.7. The summed E-state index contributed by atoms with van der Waals surface area (Å²) in [6.07, 6.45) is -13.9. The monoisotopic (exact) mass is 475 g/mol. The van der Waals surface area contributed by atoms with Crippen molar-refractivity contribution in [3.8, 4) is 5.75 Å². The smallest absolute Gasteiger partial charge is 0.187 e. The van der Waals surface area contributed by atoms with Crippen LogP contribution in [-0.2, 0) is 14.2 Å². The number of nitrogens with one attached hydrogen (secondary N) is 1. The summed E-state index contributed by atoms with van der Waals surface area (Å²) in [6, 6.07) is 6.15. The van der Waals surface area contributed by atoms with Gasteiger partial charge in [0.2, 0.25) is 0 Å². The fourth-order valence-electron chi connectivity index (χ4n) is 4.22. The number of phenolic OH excluding ortho intramolecular Hbond substituents is 1. The lowest BCUT2D eigenvalue weighted by Gasteiger charge is -2.46. The van der Waals surface area contributed by atoms with Crippen LogP contribution in [0.25, 0.3) is 0 Å². The summed E-state index contributed by atoms with van der Waals surface area (Å²) in [5.74, 6) is 0.103. The molecule has 0 spiro atoms. The van der Waals surface area contributed by atoms with Gasteiger partial charge in [0.05, 0.1) is 19.3 Å². The van der Waals surface area contributed by atoms with Crippen LogP contribution in [0.1, 0.15) is 18.0 Å². The molecule has 2 aliphatic rings. The van der Waals surface area contributed by atoms with Gasteiger partial charge in [0.15, 0.2) is 6.29 Å². The van der Waals surface area contributed by atoms with E-state index in [0.717, 1.165) is 5.56 Å². The zero-order valence-electron chi connectivity index (χ0n) is 18.1. The number of hydrogen-bond acceptors (Lipinski definition) is 12. The zero-order chi connectivity index (χ0) is 24.3. The summed E-state index contributed by atoms with van der Waals surface area (Å²) in [6.45, 7) is -1.25. The van der Waals surface area contributed by atoms with Crippen molar-refractivity contribution >= 4 is 0 Å². The highest BCUT2D eigenvalue weighted by Gasteiger charge is 2.50. The Balaban J connectivity index is 1.71. The molecular formula is C21H33NO11. The Morgan fingerprint density at radius 1 is 0.818 bits per heavy atom. The Morgan fingerprint density at radius 2 is 1.42 bits per heavy atom. The predicted molar refractivity (Wildman–Crippen MR) is 111 cm³/mol. The molecule has 1 aromatic rings. The molecular weight excluding hydrogens is 442 g/mol. The van der Waals surface area contributed by atoms with Crippen LogP contribution in [-0.4, -0.2) is 122 Å². The summed E-state index contributed by atoms with van der Waals surface area (Å²) >= 11 is 0. The number of phenols is 1. The van der Waals surface area contributed by atoms with Crippen LogP contribution in [0, 0.1) is 0 Å². The standard InChI is InChI=1S/C21H33NO11/c1-22-11(9-2-4-10(25)5-3-9)6-12-15(26)18(29)20(14(8-24)31-12)33-21-19(30)17(28)16(27)13(7-23)32-21/h2-5,11-30H,6-8H2,1H3/t11?,12-,13-,14-,15+,16+,17+,18-,19-,20-,21+/m1/s1. The molecule has 2 aliphatic heterocycles. The van der Waals surface area contributed by atoms with Gasteiger partial charge < -0.3 is 60.4 Å². The van der Waals surface area contributed by atoms with E-state index in [4.69, 9.17) is 14.2 Å². The topological polar surface area (TPSA) is 202 Å². The summed E-state index contributed by atoms with van der Waals surface area (Å²) in [5.41, 5.74) is 0.806. The molecule has 0 amide bonds. The predicted octanol–water partition coefficient (Wildman–Crippen LogP) is -3.29. The van der Waals surface area contributed by atoms with Crippen LogP contribution < -0.4 is 5.32 Å². The molecule has 2 saturated heterocycles. The van der Waals surface area contributed by atoms with Crippen molar-refractivity contribution in [1.29, 1.82) is 0 Å². The van der Waals surface area contributed by atoms with E-state index >= 15 is 0 Å². The second kappa shape index (κ2) is 11.3. The van der Waals surface area contributed by atoms with Crippen molar-refractivity contribution < 1.29 is 55.1 Å². The molecule has 2 fully saturated rings. The van der Waals surface area contributed by atoms with Crippen molar-refractivity contribution in [3.05, 3.63) is 29.8 Å². The van der Waals surface area contributed by atoms with Gasteiger partial charge in [-0.25, -0.2) is 0 Å². The van der Waals surface area contributed by atoms with Gasteiger partial charge in [0.25, 0.3) is 0 Å². The van der Waals surface area contributed by atoms with Gasteiger partial charge in [-0.1, -0.05) is 12.1 Å². The Bertz CT molecular complexity index is 733. The van der Waals surface area contributed by atoms with Gasteiger partial charge in [0.1, 0.15) is 54.6 Å². The highest BCUT2D eigenvalue weighted by atomic mass is 16.7. The highest BCUT2D eigenvalue weighted by molar-refractivity contribution is 5.28. The number of aromatic hydroxyl groups is 1. The third-order valence-corrected chi connectivity index (χ3v) is 6.22. The summed E-state index contributed by atoms with van der Waals surface area (Å²) in [7, 11) is 1.71. The lowest BCUT2D eigenvalue weighted by molar-refractivity contribution is -0.342. The van der Waals surface area contributed by atoms with E-state index in [-0.39, 0.29) is 18.2 Å². The molecule has 2 heterocycles. The molecule has 188 valence electrons. The highest BCUT2D eigenvalue weighted by Crippen LogP contribution is 2.32. The third-order valence-electron chi connectivity index (χ3n) is 6.22. The van der Waals surface area contributed by atoms with Gasteiger partial charge in [-0.2, -0.15) is 0 Å². The van der Waals surface area contributed by atoms with E-state index in [2.05, 4.69) is 5.32 Å². The molecule has 0 aliphatic carbocycles. The molecule has 12 heteroatoms. The van der Waals surface area contributed by atoms with Gasteiger partial charge >= 0.3 is 0 Å². The van der Waals surface area contributed by atoms with E-state index in [1.807, 2.05) is 0 Å². The Labute approximate surface area is 190 Å². The van der Waals surface area contributed by atoms with Crippen LogP contribution >= 0.6 is 0 Å². The Kier molecular flexibility index (Phi) is 9.00.